The van der Waals surface area contributed by atoms with E-state index in [1.165, 1.54) is 25.7 Å². The van der Waals surface area contributed by atoms with E-state index in [0.717, 1.165) is 18.3 Å². The summed E-state index contributed by atoms with van der Waals surface area (Å²) < 4.78 is 0. The number of rotatable bonds is 0. The van der Waals surface area contributed by atoms with E-state index in [9.17, 15) is 5.11 Å². The molecule has 92 valence electrons. The Morgan fingerprint density at radius 3 is 2.12 bits per heavy atom. The van der Waals surface area contributed by atoms with Crippen LogP contribution in [0, 0.1) is 28.6 Å². The van der Waals surface area contributed by atoms with Crippen molar-refractivity contribution in [2.45, 2.75) is 65.4 Å². The van der Waals surface area contributed by atoms with Gasteiger partial charge in [0.05, 0.1) is 5.60 Å². The van der Waals surface area contributed by atoms with Crippen LogP contribution in [-0.4, -0.2) is 10.7 Å². The second kappa shape index (κ2) is 2.85. The van der Waals surface area contributed by atoms with Gasteiger partial charge in [-0.2, -0.15) is 0 Å². The van der Waals surface area contributed by atoms with Gasteiger partial charge in [-0.15, -0.1) is 0 Å². The van der Waals surface area contributed by atoms with E-state index in [4.69, 9.17) is 0 Å². The van der Waals surface area contributed by atoms with E-state index in [1.54, 1.807) is 0 Å². The lowest BCUT2D eigenvalue weighted by Gasteiger charge is -2.64. The fourth-order valence-electron chi connectivity index (χ4n) is 5.36. The molecule has 0 amide bonds. The quantitative estimate of drug-likeness (QED) is 0.664. The number of fused-ring (bicyclic) bond motifs is 3. The van der Waals surface area contributed by atoms with Gasteiger partial charge < -0.3 is 5.11 Å². The van der Waals surface area contributed by atoms with Crippen molar-refractivity contribution in [3.05, 3.63) is 0 Å². The minimum atomic E-state index is -0.388. The Labute approximate surface area is 99.6 Å². The smallest absolute Gasteiger partial charge is 0.0653 e. The van der Waals surface area contributed by atoms with Crippen LogP contribution < -0.4 is 0 Å². The van der Waals surface area contributed by atoms with Crippen LogP contribution in [0.3, 0.4) is 0 Å². The molecule has 0 spiro atoms. The van der Waals surface area contributed by atoms with Gasteiger partial charge in [-0.05, 0) is 67.6 Å². The average molecular weight is 222 g/mol. The summed E-state index contributed by atoms with van der Waals surface area (Å²) in [4.78, 5) is 0. The molecule has 1 heteroatoms. The van der Waals surface area contributed by atoms with Gasteiger partial charge in [0.25, 0.3) is 0 Å². The molecule has 1 N–H and O–H groups in total. The van der Waals surface area contributed by atoms with Crippen LogP contribution in [0.25, 0.3) is 0 Å². The maximum atomic E-state index is 10.6. The summed E-state index contributed by atoms with van der Waals surface area (Å²) >= 11 is 0. The second-order valence-corrected chi connectivity index (χ2v) is 7.90. The zero-order valence-electron chi connectivity index (χ0n) is 11.2. The third kappa shape index (κ3) is 1.16. The summed E-state index contributed by atoms with van der Waals surface area (Å²) in [7, 11) is 0. The third-order valence-corrected chi connectivity index (χ3v) is 6.56. The maximum absolute atomic E-state index is 10.6. The first-order chi connectivity index (χ1) is 7.27. The first kappa shape index (κ1) is 11.1. The second-order valence-electron chi connectivity index (χ2n) is 7.90. The topological polar surface area (TPSA) is 20.2 Å². The van der Waals surface area contributed by atoms with Crippen molar-refractivity contribution in [2.75, 3.05) is 0 Å². The van der Waals surface area contributed by atoms with E-state index >= 15 is 0 Å². The highest BCUT2D eigenvalue weighted by atomic mass is 16.3. The van der Waals surface area contributed by atoms with Gasteiger partial charge in [0, 0.05) is 0 Å². The van der Waals surface area contributed by atoms with Crippen molar-refractivity contribution in [3.8, 4) is 0 Å². The Morgan fingerprint density at radius 2 is 1.62 bits per heavy atom. The standard InChI is InChI=1S/C15H26O/c1-13(2)9-11-10(13)5-8-15(4,16)12-6-7-14(11,12)3/h10-12,16H,5-9H2,1-4H3. The molecule has 3 rings (SSSR count). The molecule has 0 aromatic heterocycles. The summed E-state index contributed by atoms with van der Waals surface area (Å²) in [6, 6.07) is 0. The maximum Gasteiger partial charge on any atom is 0.0653 e. The summed E-state index contributed by atoms with van der Waals surface area (Å²) in [5.41, 5.74) is 0.606. The number of aliphatic hydroxyl groups is 1. The molecule has 0 aromatic carbocycles. The van der Waals surface area contributed by atoms with E-state index in [2.05, 4.69) is 27.7 Å². The van der Waals surface area contributed by atoms with Crippen molar-refractivity contribution in [3.63, 3.8) is 0 Å². The lowest BCUT2D eigenvalue weighted by molar-refractivity contribution is -0.176. The average Bonchev–Trinajstić information content (AvgIpc) is 2.13. The predicted molar refractivity (Wildman–Crippen MR) is 66.1 cm³/mol. The molecule has 3 aliphatic rings. The molecule has 3 saturated carbocycles. The minimum absolute atomic E-state index is 0.388. The number of hydrogen-bond donors (Lipinski definition) is 1. The molecule has 0 aromatic rings. The Bertz CT molecular complexity index is 317. The Balaban J connectivity index is 1.93. The first-order valence-corrected chi connectivity index (χ1v) is 7.00. The van der Waals surface area contributed by atoms with Crippen molar-refractivity contribution in [2.24, 2.45) is 28.6 Å². The molecule has 16 heavy (non-hydrogen) atoms. The summed E-state index contributed by atoms with van der Waals surface area (Å²) in [6.45, 7) is 9.39. The van der Waals surface area contributed by atoms with Gasteiger partial charge in [-0.1, -0.05) is 20.8 Å². The van der Waals surface area contributed by atoms with Crippen LogP contribution in [0.2, 0.25) is 0 Å². The Hall–Kier alpha value is -0.0400. The molecule has 1 nitrogen and oxygen atoms in total. The van der Waals surface area contributed by atoms with Gasteiger partial charge >= 0.3 is 0 Å². The van der Waals surface area contributed by atoms with Crippen LogP contribution in [-0.2, 0) is 0 Å². The highest BCUT2D eigenvalue weighted by Gasteiger charge is 2.64. The molecule has 3 fully saturated rings. The van der Waals surface area contributed by atoms with Crippen LogP contribution in [0.15, 0.2) is 0 Å². The largest absolute Gasteiger partial charge is 0.390 e. The minimum Gasteiger partial charge on any atom is -0.390 e. The monoisotopic (exact) mass is 222 g/mol. The van der Waals surface area contributed by atoms with E-state index in [1.807, 2.05) is 0 Å². The zero-order valence-corrected chi connectivity index (χ0v) is 11.2. The lowest BCUT2D eigenvalue weighted by atomic mass is 9.41. The van der Waals surface area contributed by atoms with Gasteiger partial charge in [0.15, 0.2) is 0 Å². The molecule has 5 atom stereocenters. The fraction of sp³-hybridized carbons (Fsp3) is 1.00. The van der Waals surface area contributed by atoms with Crippen molar-refractivity contribution >= 4 is 0 Å². The highest BCUT2D eigenvalue weighted by Crippen LogP contribution is 2.70. The van der Waals surface area contributed by atoms with Gasteiger partial charge in [0.1, 0.15) is 0 Å². The molecular formula is C15H26O. The molecule has 0 saturated heterocycles. The van der Waals surface area contributed by atoms with Crippen molar-refractivity contribution in [1.29, 1.82) is 0 Å². The van der Waals surface area contributed by atoms with Crippen LogP contribution in [0.5, 0.6) is 0 Å². The Kier molecular flexibility index (Phi) is 1.98. The van der Waals surface area contributed by atoms with E-state index in [-0.39, 0.29) is 5.60 Å². The van der Waals surface area contributed by atoms with Crippen LogP contribution >= 0.6 is 0 Å². The van der Waals surface area contributed by atoms with E-state index < -0.39 is 0 Å². The lowest BCUT2D eigenvalue weighted by Crippen LogP contribution is -2.58. The summed E-state index contributed by atoms with van der Waals surface area (Å²) in [5.74, 6) is 2.34. The van der Waals surface area contributed by atoms with Gasteiger partial charge in [-0.25, -0.2) is 0 Å². The Morgan fingerprint density at radius 1 is 0.938 bits per heavy atom. The zero-order chi connectivity index (χ0) is 11.8. The van der Waals surface area contributed by atoms with Gasteiger partial charge in [-0.3, -0.25) is 0 Å². The van der Waals surface area contributed by atoms with Crippen molar-refractivity contribution in [1.82, 2.24) is 0 Å². The molecule has 5 unspecified atom stereocenters. The van der Waals surface area contributed by atoms with Gasteiger partial charge in [0.2, 0.25) is 0 Å². The van der Waals surface area contributed by atoms with Crippen molar-refractivity contribution < 1.29 is 5.11 Å². The van der Waals surface area contributed by atoms with Crippen LogP contribution in [0.1, 0.15) is 59.8 Å². The van der Waals surface area contributed by atoms with E-state index in [0.29, 0.717) is 16.7 Å². The molecule has 0 bridgehead atoms. The summed E-state index contributed by atoms with van der Waals surface area (Å²) in [5, 5.41) is 10.6. The molecule has 0 heterocycles. The molecule has 0 radical (unpaired) electrons. The third-order valence-electron chi connectivity index (χ3n) is 6.56. The molecular weight excluding hydrogens is 196 g/mol. The fourth-order valence-corrected chi connectivity index (χ4v) is 5.36. The van der Waals surface area contributed by atoms with Crippen LogP contribution in [0.4, 0.5) is 0 Å². The first-order valence-electron chi connectivity index (χ1n) is 7.00. The molecule has 0 aliphatic heterocycles. The number of hydrogen-bond acceptors (Lipinski definition) is 1. The predicted octanol–water partition coefficient (Wildman–Crippen LogP) is 3.61. The normalized spacial score (nSPS) is 58.7. The SMILES string of the molecule is CC1(C)CC2C1CCC(C)(O)C1CCC21C. The molecule has 3 aliphatic carbocycles. The summed E-state index contributed by atoms with van der Waals surface area (Å²) in [6.07, 6.45) is 6.27. The highest BCUT2D eigenvalue weighted by molar-refractivity contribution is 5.14.